The Hall–Kier alpha value is -1.04. The van der Waals surface area contributed by atoms with E-state index >= 15 is 0 Å². The van der Waals surface area contributed by atoms with Crippen molar-refractivity contribution >= 4 is 9.84 Å². The molecule has 0 amide bonds. The SMILES string of the molecule is Cc1ccnc(S(=O)(=O)CCF)n1. The molecule has 0 bridgehead atoms. The summed E-state index contributed by atoms with van der Waals surface area (Å²) in [6.07, 6.45) is 1.34. The van der Waals surface area contributed by atoms with Crippen LogP contribution in [0.15, 0.2) is 17.4 Å². The number of hydrogen-bond acceptors (Lipinski definition) is 4. The first-order valence-corrected chi connectivity index (χ1v) is 5.30. The topological polar surface area (TPSA) is 59.9 Å². The molecule has 0 N–H and O–H groups in total. The van der Waals surface area contributed by atoms with Crippen LogP contribution in [0.5, 0.6) is 0 Å². The van der Waals surface area contributed by atoms with Gasteiger partial charge in [-0.3, -0.25) is 0 Å². The van der Waals surface area contributed by atoms with Crippen LogP contribution in [-0.4, -0.2) is 30.8 Å². The lowest BCUT2D eigenvalue weighted by Gasteiger charge is -1.99. The van der Waals surface area contributed by atoms with Gasteiger partial charge in [-0.25, -0.2) is 22.8 Å². The Bertz CT molecular complexity index is 391. The van der Waals surface area contributed by atoms with Crippen LogP contribution in [0.1, 0.15) is 5.69 Å². The van der Waals surface area contributed by atoms with Gasteiger partial charge in [0.2, 0.25) is 15.0 Å². The molecule has 1 rings (SSSR count). The van der Waals surface area contributed by atoms with Crippen molar-refractivity contribution < 1.29 is 12.8 Å². The molecule has 1 heterocycles. The molecule has 72 valence electrons. The average molecular weight is 204 g/mol. The summed E-state index contributed by atoms with van der Waals surface area (Å²) in [5.41, 5.74) is 0.549. The first-order chi connectivity index (χ1) is 6.06. The second-order valence-corrected chi connectivity index (χ2v) is 4.49. The molecule has 0 unspecified atom stereocenters. The summed E-state index contributed by atoms with van der Waals surface area (Å²) in [5.74, 6) is -0.559. The third-order valence-electron chi connectivity index (χ3n) is 1.40. The normalized spacial score (nSPS) is 11.5. The molecule has 0 fully saturated rings. The van der Waals surface area contributed by atoms with Crippen molar-refractivity contribution in [3.63, 3.8) is 0 Å². The Balaban J connectivity index is 3.08. The summed E-state index contributed by atoms with van der Waals surface area (Å²) in [5, 5.41) is -0.301. The molecule has 6 heteroatoms. The van der Waals surface area contributed by atoms with E-state index in [1.165, 1.54) is 6.20 Å². The summed E-state index contributed by atoms with van der Waals surface area (Å²) < 4.78 is 34.3. The van der Waals surface area contributed by atoms with Gasteiger partial charge in [0.25, 0.3) is 0 Å². The highest BCUT2D eigenvalue weighted by molar-refractivity contribution is 7.91. The molecule has 0 atom stereocenters. The molecule has 1 aromatic heterocycles. The zero-order chi connectivity index (χ0) is 9.90. The van der Waals surface area contributed by atoms with E-state index in [0.717, 1.165) is 0 Å². The minimum atomic E-state index is -3.63. The lowest BCUT2D eigenvalue weighted by atomic mass is 10.5. The van der Waals surface area contributed by atoms with Gasteiger partial charge in [0.15, 0.2) is 0 Å². The van der Waals surface area contributed by atoms with E-state index in [1.807, 2.05) is 0 Å². The smallest absolute Gasteiger partial charge is 0.247 e. The molecule has 0 aromatic carbocycles. The number of halogens is 1. The minimum Gasteiger partial charge on any atom is -0.250 e. The average Bonchev–Trinajstić information content (AvgIpc) is 2.04. The largest absolute Gasteiger partial charge is 0.250 e. The Morgan fingerprint density at radius 3 is 2.77 bits per heavy atom. The van der Waals surface area contributed by atoms with Crippen molar-refractivity contribution in [2.75, 3.05) is 12.4 Å². The fourth-order valence-electron chi connectivity index (χ4n) is 0.769. The van der Waals surface area contributed by atoms with Gasteiger partial charge < -0.3 is 0 Å². The van der Waals surface area contributed by atoms with Crippen LogP contribution in [0.4, 0.5) is 4.39 Å². The van der Waals surface area contributed by atoms with Gasteiger partial charge in [-0.2, -0.15) is 0 Å². The maximum absolute atomic E-state index is 11.8. The van der Waals surface area contributed by atoms with Crippen LogP contribution >= 0.6 is 0 Å². The standard InChI is InChI=1S/C7H9FN2O2S/c1-6-2-4-9-7(10-6)13(11,12)5-3-8/h2,4H,3,5H2,1H3. The first-order valence-electron chi connectivity index (χ1n) is 3.64. The lowest BCUT2D eigenvalue weighted by Crippen LogP contribution is -2.12. The summed E-state index contributed by atoms with van der Waals surface area (Å²) in [6, 6.07) is 1.58. The fraction of sp³-hybridized carbons (Fsp3) is 0.429. The second kappa shape index (κ2) is 3.78. The van der Waals surface area contributed by atoms with Gasteiger partial charge >= 0.3 is 0 Å². The highest BCUT2D eigenvalue weighted by Gasteiger charge is 2.16. The number of alkyl halides is 1. The fourth-order valence-corrected chi connectivity index (χ4v) is 1.66. The van der Waals surface area contributed by atoms with E-state index < -0.39 is 22.3 Å². The Morgan fingerprint density at radius 2 is 2.23 bits per heavy atom. The van der Waals surface area contributed by atoms with Crippen LogP contribution in [0.3, 0.4) is 0 Å². The van der Waals surface area contributed by atoms with Crippen LogP contribution in [0, 0.1) is 6.92 Å². The molecule has 0 radical (unpaired) electrons. The van der Waals surface area contributed by atoms with E-state index in [0.29, 0.717) is 5.69 Å². The number of aryl methyl sites for hydroxylation is 1. The van der Waals surface area contributed by atoms with Crippen LogP contribution in [0.2, 0.25) is 0 Å². The summed E-state index contributed by atoms with van der Waals surface area (Å²) in [7, 11) is -3.63. The molecule has 0 aliphatic carbocycles. The summed E-state index contributed by atoms with van der Waals surface area (Å²) >= 11 is 0. The van der Waals surface area contributed by atoms with Crippen molar-refractivity contribution in [3.8, 4) is 0 Å². The van der Waals surface area contributed by atoms with Gasteiger partial charge in [-0.1, -0.05) is 0 Å². The van der Waals surface area contributed by atoms with Crippen LogP contribution < -0.4 is 0 Å². The van der Waals surface area contributed by atoms with E-state index in [2.05, 4.69) is 9.97 Å². The number of nitrogens with zero attached hydrogens (tertiary/aromatic N) is 2. The van der Waals surface area contributed by atoms with Crippen molar-refractivity contribution in [3.05, 3.63) is 18.0 Å². The lowest BCUT2D eigenvalue weighted by molar-refractivity contribution is 0.514. The molecule has 0 aliphatic heterocycles. The summed E-state index contributed by atoms with van der Waals surface area (Å²) in [6.45, 7) is 0.732. The quantitative estimate of drug-likeness (QED) is 0.674. The molecule has 1 aromatic rings. The van der Waals surface area contributed by atoms with E-state index in [9.17, 15) is 12.8 Å². The van der Waals surface area contributed by atoms with Gasteiger partial charge in [-0.15, -0.1) is 0 Å². The highest BCUT2D eigenvalue weighted by atomic mass is 32.2. The molecule has 0 spiro atoms. The molecular formula is C7H9FN2O2S. The monoisotopic (exact) mass is 204 g/mol. The Kier molecular flexibility index (Phi) is 2.92. The zero-order valence-electron chi connectivity index (χ0n) is 7.07. The predicted octanol–water partition coefficient (Wildman–Crippen LogP) is 0.528. The van der Waals surface area contributed by atoms with Crippen molar-refractivity contribution in [2.24, 2.45) is 0 Å². The van der Waals surface area contributed by atoms with Crippen molar-refractivity contribution in [1.29, 1.82) is 0 Å². The van der Waals surface area contributed by atoms with Crippen molar-refractivity contribution in [1.82, 2.24) is 9.97 Å². The molecule has 13 heavy (non-hydrogen) atoms. The van der Waals surface area contributed by atoms with E-state index in [1.54, 1.807) is 13.0 Å². The maximum Gasteiger partial charge on any atom is 0.247 e. The highest BCUT2D eigenvalue weighted by Crippen LogP contribution is 2.04. The molecule has 4 nitrogen and oxygen atoms in total. The van der Waals surface area contributed by atoms with Gasteiger partial charge in [0.1, 0.15) is 6.67 Å². The van der Waals surface area contributed by atoms with Crippen molar-refractivity contribution in [2.45, 2.75) is 12.1 Å². The van der Waals surface area contributed by atoms with Crippen LogP contribution in [0.25, 0.3) is 0 Å². The summed E-state index contributed by atoms with van der Waals surface area (Å²) in [4.78, 5) is 7.26. The van der Waals surface area contributed by atoms with Gasteiger partial charge in [0, 0.05) is 11.9 Å². The van der Waals surface area contributed by atoms with E-state index in [4.69, 9.17) is 0 Å². The second-order valence-electron chi connectivity index (χ2n) is 2.49. The molecule has 0 saturated carbocycles. The van der Waals surface area contributed by atoms with Gasteiger partial charge in [0.05, 0.1) is 5.75 Å². The molecule has 0 aliphatic rings. The number of aromatic nitrogens is 2. The number of hydrogen-bond donors (Lipinski definition) is 0. The van der Waals surface area contributed by atoms with Gasteiger partial charge in [-0.05, 0) is 13.0 Å². The first kappa shape index (κ1) is 10.0. The van der Waals surface area contributed by atoms with E-state index in [-0.39, 0.29) is 5.16 Å². The van der Waals surface area contributed by atoms with Crippen LogP contribution in [-0.2, 0) is 9.84 Å². The third kappa shape index (κ3) is 2.45. The zero-order valence-corrected chi connectivity index (χ0v) is 7.88. The Morgan fingerprint density at radius 1 is 1.54 bits per heavy atom. The third-order valence-corrected chi connectivity index (χ3v) is 2.84. The molecular weight excluding hydrogens is 195 g/mol. The minimum absolute atomic E-state index is 0.301. The Labute approximate surface area is 75.8 Å². The number of sulfone groups is 1. The number of rotatable bonds is 3. The maximum atomic E-state index is 11.8. The predicted molar refractivity (Wildman–Crippen MR) is 44.8 cm³/mol. The molecule has 0 saturated heterocycles.